The van der Waals surface area contributed by atoms with Crippen molar-refractivity contribution in [3.05, 3.63) is 91.9 Å². The SMILES string of the molecule is Cc1cn(Cc2ccccc2Cl)c(=O)c(NC(=O)N[C@@H](CC(=O)O)c2ccc3c(c2)CCC3)c1O. The number of urea groups is 1. The number of rotatable bonds is 7. The lowest BCUT2D eigenvalue weighted by Crippen LogP contribution is -2.36. The van der Waals surface area contributed by atoms with Crippen LogP contribution in [0.4, 0.5) is 10.5 Å². The number of carbonyl (C=O) groups is 2. The van der Waals surface area contributed by atoms with Crippen molar-refractivity contribution >= 4 is 29.3 Å². The largest absolute Gasteiger partial charge is 0.505 e. The number of nitrogens with one attached hydrogen (secondary N) is 2. The first kappa shape index (κ1) is 24.3. The predicted octanol–water partition coefficient (Wildman–Crippen LogP) is 4.39. The van der Waals surface area contributed by atoms with Crippen LogP contribution in [0.15, 0.2) is 53.5 Å². The Balaban J connectivity index is 1.58. The number of carbonyl (C=O) groups excluding carboxylic acids is 1. The molecule has 0 spiro atoms. The number of halogens is 1. The van der Waals surface area contributed by atoms with Crippen LogP contribution >= 0.6 is 11.6 Å². The van der Waals surface area contributed by atoms with E-state index in [1.54, 1.807) is 31.2 Å². The number of fused-ring (bicyclic) bond motifs is 1. The summed E-state index contributed by atoms with van der Waals surface area (Å²) in [5.41, 5.74) is 3.23. The molecule has 1 heterocycles. The lowest BCUT2D eigenvalue weighted by Gasteiger charge is -2.20. The lowest BCUT2D eigenvalue weighted by molar-refractivity contribution is -0.137. The molecule has 0 saturated carbocycles. The van der Waals surface area contributed by atoms with Gasteiger partial charge in [0.05, 0.1) is 19.0 Å². The highest BCUT2D eigenvalue weighted by atomic mass is 35.5. The van der Waals surface area contributed by atoms with Crippen molar-refractivity contribution in [2.75, 3.05) is 5.32 Å². The Bertz CT molecular complexity index is 1350. The number of carboxylic acid groups (broad SMARTS) is 1. The summed E-state index contributed by atoms with van der Waals surface area (Å²) in [7, 11) is 0. The van der Waals surface area contributed by atoms with Crippen molar-refractivity contribution in [3.8, 4) is 5.75 Å². The molecule has 1 aliphatic carbocycles. The number of pyridine rings is 1. The van der Waals surface area contributed by atoms with Gasteiger partial charge >= 0.3 is 12.0 Å². The number of anilines is 1. The number of aliphatic carboxylic acids is 1. The normalized spacial score (nSPS) is 13.2. The first-order valence-electron chi connectivity index (χ1n) is 11.3. The van der Waals surface area contributed by atoms with E-state index >= 15 is 0 Å². The number of hydrogen-bond donors (Lipinski definition) is 4. The first-order chi connectivity index (χ1) is 16.7. The number of hydrogen-bond acceptors (Lipinski definition) is 4. The molecule has 1 aliphatic rings. The maximum atomic E-state index is 13.1. The van der Waals surface area contributed by atoms with Gasteiger partial charge in [-0.25, -0.2) is 4.79 Å². The van der Waals surface area contributed by atoms with Crippen LogP contribution in [0, 0.1) is 6.92 Å². The number of aryl methyl sites for hydroxylation is 3. The van der Waals surface area contributed by atoms with Crippen molar-refractivity contribution in [2.45, 2.75) is 45.2 Å². The molecule has 35 heavy (non-hydrogen) atoms. The number of carboxylic acids is 1. The minimum Gasteiger partial charge on any atom is -0.505 e. The molecule has 0 unspecified atom stereocenters. The van der Waals surface area contributed by atoms with E-state index in [0.29, 0.717) is 21.7 Å². The van der Waals surface area contributed by atoms with Crippen LogP contribution in [0.2, 0.25) is 5.02 Å². The van der Waals surface area contributed by atoms with Crippen molar-refractivity contribution in [2.24, 2.45) is 0 Å². The monoisotopic (exact) mass is 495 g/mol. The Morgan fingerprint density at radius 2 is 1.89 bits per heavy atom. The van der Waals surface area contributed by atoms with E-state index in [1.807, 2.05) is 18.2 Å². The first-order valence-corrected chi connectivity index (χ1v) is 11.7. The Morgan fingerprint density at radius 3 is 2.63 bits per heavy atom. The summed E-state index contributed by atoms with van der Waals surface area (Å²) >= 11 is 6.22. The number of amides is 2. The number of benzene rings is 2. The molecule has 0 fully saturated rings. The van der Waals surface area contributed by atoms with Crippen molar-refractivity contribution < 1.29 is 19.8 Å². The van der Waals surface area contributed by atoms with Crippen LogP contribution in [0.3, 0.4) is 0 Å². The third-order valence-electron chi connectivity index (χ3n) is 6.18. The van der Waals surface area contributed by atoms with Gasteiger partial charge in [-0.1, -0.05) is 48.0 Å². The quantitative estimate of drug-likeness (QED) is 0.387. The molecular formula is C26H26ClN3O5. The average Bonchev–Trinajstić information content (AvgIpc) is 3.29. The van der Waals surface area contributed by atoms with E-state index in [-0.39, 0.29) is 24.4 Å². The minimum absolute atomic E-state index is 0.146. The maximum absolute atomic E-state index is 13.1. The van der Waals surface area contributed by atoms with Crippen LogP contribution in [-0.2, 0) is 24.2 Å². The molecular weight excluding hydrogens is 470 g/mol. The summed E-state index contributed by atoms with van der Waals surface area (Å²) in [6.45, 7) is 1.76. The molecule has 4 rings (SSSR count). The van der Waals surface area contributed by atoms with E-state index in [2.05, 4.69) is 10.6 Å². The molecule has 0 radical (unpaired) electrons. The fourth-order valence-corrected chi connectivity index (χ4v) is 4.57. The molecule has 3 aromatic rings. The molecule has 0 saturated heterocycles. The Hall–Kier alpha value is -3.78. The molecule has 2 amide bonds. The van der Waals surface area contributed by atoms with Gasteiger partial charge in [0.15, 0.2) is 5.69 Å². The summed E-state index contributed by atoms with van der Waals surface area (Å²) in [5, 5.41) is 25.4. The van der Waals surface area contributed by atoms with Gasteiger partial charge in [0.25, 0.3) is 5.56 Å². The highest BCUT2D eigenvalue weighted by molar-refractivity contribution is 6.31. The van der Waals surface area contributed by atoms with Crippen LogP contribution in [-0.4, -0.2) is 26.8 Å². The predicted molar refractivity (Wildman–Crippen MR) is 133 cm³/mol. The second kappa shape index (κ2) is 10.2. The fourth-order valence-electron chi connectivity index (χ4n) is 4.38. The molecule has 1 aromatic heterocycles. The van der Waals surface area contributed by atoms with E-state index < -0.39 is 23.6 Å². The van der Waals surface area contributed by atoms with E-state index in [1.165, 1.54) is 16.3 Å². The zero-order valence-electron chi connectivity index (χ0n) is 19.2. The standard InChI is InChI=1S/C26H26ClN3O5/c1-15-13-30(14-19-5-2-3-8-20(19)27)25(34)23(24(15)33)29-26(35)28-21(12-22(31)32)18-10-9-16-6-4-7-17(16)11-18/h2-3,5,8-11,13,21,33H,4,6-7,12,14H2,1H3,(H,31,32)(H2,28,29,35)/t21-/m0/s1. The van der Waals surface area contributed by atoms with Gasteiger partial charge in [0, 0.05) is 16.8 Å². The molecule has 0 bridgehead atoms. The van der Waals surface area contributed by atoms with Crippen LogP contribution in [0.25, 0.3) is 0 Å². The highest BCUT2D eigenvalue weighted by Crippen LogP contribution is 2.28. The second-order valence-electron chi connectivity index (χ2n) is 8.69. The molecule has 9 heteroatoms. The van der Waals surface area contributed by atoms with Crippen LogP contribution in [0.1, 0.15) is 46.7 Å². The van der Waals surface area contributed by atoms with Crippen molar-refractivity contribution in [1.29, 1.82) is 0 Å². The summed E-state index contributed by atoms with van der Waals surface area (Å²) in [6.07, 6.45) is 4.10. The van der Waals surface area contributed by atoms with Crippen molar-refractivity contribution in [1.82, 2.24) is 9.88 Å². The lowest BCUT2D eigenvalue weighted by atomic mass is 9.99. The van der Waals surface area contributed by atoms with Gasteiger partial charge in [-0.15, -0.1) is 0 Å². The third-order valence-corrected chi connectivity index (χ3v) is 6.55. The van der Waals surface area contributed by atoms with Crippen LogP contribution < -0.4 is 16.2 Å². The number of aromatic nitrogens is 1. The van der Waals surface area contributed by atoms with Gasteiger partial charge in [0.1, 0.15) is 5.75 Å². The zero-order chi connectivity index (χ0) is 25.1. The topological polar surface area (TPSA) is 121 Å². The van der Waals surface area contributed by atoms with E-state index in [9.17, 15) is 24.6 Å². The number of aromatic hydroxyl groups is 1. The van der Waals surface area contributed by atoms with Gasteiger partial charge in [-0.2, -0.15) is 0 Å². The Labute approximate surface area is 207 Å². The highest BCUT2D eigenvalue weighted by Gasteiger charge is 2.23. The van der Waals surface area contributed by atoms with Gasteiger partial charge in [-0.05, 0) is 54.5 Å². The molecule has 1 atom stereocenters. The smallest absolute Gasteiger partial charge is 0.319 e. The minimum atomic E-state index is -1.07. The third kappa shape index (κ3) is 5.49. The summed E-state index contributed by atoms with van der Waals surface area (Å²) in [5.74, 6) is -1.43. The average molecular weight is 496 g/mol. The molecule has 182 valence electrons. The zero-order valence-corrected chi connectivity index (χ0v) is 19.9. The Kier molecular flexibility index (Phi) is 7.12. The molecule has 8 nitrogen and oxygen atoms in total. The number of nitrogens with zero attached hydrogens (tertiary/aromatic N) is 1. The van der Waals surface area contributed by atoms with E-state index in [4.69, 9.17) is 11.6 Å². The van der Waals surface area contributed by atoms with Crippen molar-refractivity contribution in [3.63, 3.8) is 0 Å². The molecule has 2 aromatic carbocycles. The van der Waals surface area contributed by atoms with Crippen LogP contribution in [0.5, 0.6) is 5.75 Å². The second-order valence-corrected chi connectivity index (χ2v) is 9.10. The van der Waals surface area contributed by atoms with E-state index in [0.717, 1.165) is 24.8 Å². The van der Waals surface area contributed by atoms with Gasteiger partial charge in [-0.3, -0.25) is 9.59 Å². The maximum Gasteiger partial charge on any atom is 0.319 e. The summed E-state index contributed by atoms with van der Waals surface area (Å²) < 4.78 is 1.35. The summed E-state index contributed by atoms with van der Waals surface area (Å²) in [6, 6.07) is 11.2. The molecule has 4 N–H and O–H groups in total. The summed E-state index contributed by atoms with van der Waals surface area (Å²) in [4.78, 5) is 37.4. The fraction of sp³-hybridized carbons (Fsp3) is 0.269. The van der Waals surface area contributed by atoms with Gasteiger partial charge in [0.2, 0.25) is 0 Å². The van der Waals surface area contributed by atoms with Gasteiger partial charge < -0.3 is 25.4 Å². The Morgan fingerprint density at radius 1 is 1.14 bits per heavy atom. The molecule has 0 aliphatic heterocycles.